The molecule has 4 nitrogen and oxygen atoms in total. The van der Waals surface area contributed by atoms with Gasteiger partial charge in [0.15, 0.2) is 0 Å². The summed E-state index contributed by atoms with van der Waals surface area (Å²) in [4.78, 5) is 5.55. The Hall–Kier alpha value is -1.14. The van der Waals surface area contributed by atoms with Gasteiger partial charge in [0.05, 0.1) is 23.4 Å². The number of nitrogens with zero attached hydrogens (tertiary/aromatic N) is 3. The first-order valence-corrected chi connectivity index (χ1v) is 8.02. The molecular weight excluding hydrogens is 338 g/mol. The first-order valence-electron chi connectivity index (χ1n) is 6.41. The maximum Gasteiger partial charge on any atom is 0.214 e. The summed E-state index contributed by atoms with van der Waals surface area (Å²) < 4.78 is 6.35. The number of hydrogen-bond acceptors (Lipinski definition) is 5. The van der Waals surface area contributed by atoms with Crippen LogP contribution >= 0.6 is 27.7 Å². The molecule has 6 heteroatoms. The summed E-state index contributed by atoms with van der Waals surface area (Å²) >= 11 is 4.93. The zero-order chi connectivity index (χ0) is 14.5. The number of halogens is 1. The molecule has 0 aliphatic carbocycles. The fourth-order valence-electron chi connectivity index (χ4n) is 1.79. The molecule has 0 bridgehead atoms. The van der Waals surface area contributed by atoms with E-state index >= 15 is 0 Å². The van der Waals surface area contributed by atoms with E-state index in [0.29, 0.717) is 5.16 Å². The van der Waals surface area contributed by atoms with Crippen molar-refractivity contribution >= 4 is 27.7 Å². The lowest BCUT2D eigenvalue weighted by Gasteiger charge is -2.09. The molecule has 2 aromatic rings. The molecule has 1 heterocycles. The van der Waals surface area contributed by atoms with Crippen molar-refractivity contribution in [2.24, 2.45) is 0 Å². The maximum atomic E-state index is 5.36. The Morgan fingerprint density at radius 3 is 2.55 bits per heavy atom. The first kappa shape index (κ1) is 15.3. The van der Waals surface area contributed by atoms with Crippen LogP contribution in [0.25, 0.3) is 0 Å². The quantitative estimate of drug-likeness (QED) is 0.815. The number of aromatic nitrogens is 3. The molecule has 0 spiro atoms. The molecule has 0 unspecified atom stereocenters. The predicted molar refractivity (Wildman–Crippen MR) is 83.4 cm³/mol. The lowest BCUT2D eigenvalue weighted by molar-refractivity contribution is 0.404. The first-order chi connectivity index (χ1) is 9.67. The Morgan fingerprint density at radius 2 is 1.90 bits per heavy atom. The molecule has 0 amide bonds. The highest BCUT2D eigenvalue weighted by Gasteiger charge is 2.11. The van der Waals surface area contributed by atoms with E-state index < -0.39 is 0 Å². The maximum absolute atomic E-state index is 5.36. The van der Waals surface area contributed by atoms with Crippen molar-refractivity contribution in [3.8, 4) is 5.75 Å². The Bertz CT molecular complexity index is 607. The molecule has 2 rings (SSSR count). The largest absolute Gasteiger partial charge is 0.496 e. The van der Waals surface area contributed by atoms with E-state index in [0.717, 1.165) is 39.3 Å². The van der Waals surface area contributed by atoms with Crippen molar-refractivity contribution in [3.05, 3.63) is 34.1 Å². The topological polar surface area (TPSA) is 47.9 Å². The summed E-state index contributed by atoms with van der Waals surface area (Å²) in [6.45, 7) is 4.15. The van der Waals surface area contributed by atoms with Gasteiger partial charge in [0, 0.05) is 4.47 Å². The summed E-state index contributed by atoms with van der Waals surface area (Å²) in [5, 5.41) is 9.09. The second kappa shape index (κ2) is 7.04. The molecule has 20 heavy (non-hydrogen) atoms. The van der Waals surface area contributed by atoms with Gasteiger partial charge in [-0.15, -0.1) is 5.10 Å². The monoisotopic (exact) mass is 353 g/mol. The fourth-order valence-corrected chi connectivity index (χ4v) is 3.18. The zero-order valence-electron chi connectivity index (χ0n) is 11.7. The molecule has 1 aromatic carbocycles. The second-order valence-electron chi connectivity index (χ2n) is 4.09. The third-order valence-corrected chi connectivity index (χ3v) is 4.20. The lowest BCUT2D eigenvalue weighted by atomic mass is 10.2. The standard InChI is InChI=1S/C14H16BrN3OS/c1-4-10-11(5-2)17-18-14(16-10)20-13-8-9(15)6-7-12(13)19-3/h6-8H,4-5H2,1-3H3. The van der Waals surface area contributed by atoms with Gasteiger partial charge in [-0.1, -0.05) is 29.8 Å². The predicted octanol–water partition coefficient (Wildman–Crippen LogP) is 3.92. The summed E-state index contributed by atoms with van der Waals surface area (Å²) in [5.41, 5.74) is 1.98. The molecule has 1 aromatic heterocycles. The number of aryl methyl sites for hydroxylation is 2. The van der Waals surface area contributed by atoms with Crippen molar-refractivity contribution < 1.29 is 4.74 Å². The van der Waals surface area contributed by atoms with Gasteiger partial charge in [-0.2, -0.15) is 5.10 Å². The van der Waals surface area contributed by atoms with Crippen molar-refractivity contribution in [3.63, 3.8) is 0 Å². The van der Waals surface area contributed by atoms with E-state index in [4.69, 9.17) is 4.74 Å². The molecular formula is C14H16BrN3OS. The molecule has 0 fully saturated rings. The molecule has 0 aliphatic heterocycles. The van der Waals surface area contributed by atoms with Crippen LogP contribution in [0.2, 0.25) is 0 Å². The van der Waals surface area contributed by atoms with E-state index in [1.54, 1.807) is 7.11 Å². The lowest BCUT2D eigenvalue weighted by Crippen LogP contribution is -2.03. The van der Waals surface area contributed by atoms with Crippen molar-refractivity contribution in [2.45, 2.75) is 36.7 Å². The van der Waals surface area contributed by atoms with E-state index in [1.807, 2.05) is 18.2 Å². The number of hydrogen-bond donors (Lipinski definition) is 0. The number of ether oxygens (including phenoxy) is 1. The minimum atomic E-state index is 0.649. The van der Waals surface area contributed by atoms with Crippen LogP contribution < -0.4 is 4.74 Å². The van der Waals surface area contributed by atoms with Gasteiger partial charge < -0.3 is 4.74 Å². The van der Waals surface area contributed by atoms with Crippen LogP contribution in [0.1, 0.15) is 25.2 Å². The average Bonchev–Trinajstić information content (AvgIpc) is 2.47. The van der Waals surface area contributed by atoms with Gasteiger partial charge in [-0.25, -0.2) is 4.98 Å². The van der Waals surface area contributed by atoms with Crippen molar-refractivity contribution in [1.82, 2.24) is 15.2 Å². The van der Waals surface area contributed by atoms with Gasteiger partial charge in [0.2, 0.25) is 5.16 Å². The highest BCUT2D eigenvalue weighted by Crippen LogP contribution is 2.35. The van der Waals surface area contributed by atoms with E-state index in [1.165, 1.54) is 11.8 Å². The molecule has 106 valence electrons. The van der Waals surface area contributed by atoms with E-state index in [2.05, 4.69) is 45.0 Å². The van der Waals surface area contributed by atoms with Gasteiger partial charge in [0.25, 0.3) is 0 Å². The second-order valence-corrected chi connectivity index (χ2v) is 6.02. The highest BCUT2D eigenvalue weighted by atomic mass is 79.9. The Morgan fingerprint density at radius 1 is 1.15 bits per heavy atom. The number of benzene rings is 1. The Kier molecular flexibility index (Phi) is 5.37. The Labute approximate surface area is 131 Å². The van der Waals surface area contributed by atoms with Crippen LogP contribution in [0.4, 0.5) is 0 Å². The van der Waals surface area contributed by atoms with Crippen LogP contribution in [-0.4, -0.2) is 22.3 Å². The fraction of sp³-hybridized carbons (Fsp3) is 0.357. The molecule has 0 saturated carbocycles. The van der Waals surface area contributed by atoms with Crippen LogP contribution in [-0.2, 0) is 12.8 Å². The third-order valence-electron chi connectivity index (χ3n) is 2.82. The van der Waals surface area contributed by atoms with E-state index in [9.17, 15) is 0 Å². The van der Waals surface area contributed by atoms with Crippen molar-refractivity contribution in [1.29, 1.82) is 0 Å². The SMILES string of the molecule is CCc1nnc(Sc2cc(Br)ccc2OC)nc1CC. The van der Waals surface area contributed by atoms with Crippen LogP contribution in [0, 0.1) is 0 Å². The normalized spacial score (nSPS) is 10.6. The van der Waals surface area contributed by atoms with Gasteiger partial charge >= 0.3 is 0 Å². The zero-order valence-corrected chi connectivity index (χ0v) is 14.1. The number of methoxy groups -OCH3 is 1. The summed E-state index contributed by atoms with van der Waals surface area (Å²) in [5.74, 6) is 0.805. The third kappa shape index (κ3) is 3.49. The summed E-state index contributed by atoms with van der Waals surface area (Å²) in [6, 6.07) is 5.85. The van der Waals surface area contributed by atoms with Gasteiger partial charge in [0.1, 0.15) is 5.75 Å². The van der Waals surface area contributed by atoms with Gasteiger partial charge in [-0.3, -0.25) is 0 Å². The molecule has 0 aliphatic rings. The summed E-state index contributed by atoms with van der Waals surface area (Å²) in [6.07, 6.45) is 1.72. The smallest absolute Gasteiger partial charge is 0.214 e. The van der Waals surface area contributed by atoms with Crippen molar-refractivity contribution in [2.75, 3.05) is 7.11 Å². The van der Waals surface area contributed by atoms with Gasteiger partial charge in [-0.05, 0) is 42.8 Å². The minimum absolute atomic E-state index is 0.649. The summed E-state index contributed by atoms with van der Waals surface area (Å²) in [7, 11) is 1.66. The molecule has 0 atom stereocenters. The van der Waals surface area contributed by atoms with Crippen LogP contribution in [0.15, 0.2) is 32.7 Å². The molecule has 0 radical (unpaired) electrons. The van der Waals surface area contributed by atoms with Crippen LogP contribution in [0.5, 0.6) is 5.75 Å². The molecule has 0 N–H and O–H groups in total. The Balaban J connectivity index is 2.32. The minimum Gasteiger partial charge on any atom is -0.496 e. The highest BCUT2D eigenvalue weighted by molar-refractivity contribution is 9.10. The molecule has 0 saturated heterocycles. The average molecular weight is 354 g/mol. The number of rotatable bonds is 5. The van der Waals surface area contributed by atoms with Crippen LogP contribution in [0.3, 0.4) is 0 Å². The van der Waals surface area contributed by atoms with E-state index in [-0.39, 0.29) is 0 Å².